The Bertz CT molecular complexity index is 503. The highest BCUT2D eigenvalue weighted by molar-refractivity contribution is 7.99. The number of halogens is 1. The summed E-state index contributed by atoms with van der Waals surface area (Å²) in [5, 5.41) is 0.0378. The average molecular weight is 311 g/mol. The topological polar surface area (TPSA) is 52.3 Å². The van der Waals surface area contributed by atoms with Gasteiger partial charge in [0.25, 0.3) is 0 Å². The number of hydrogen-bond donors (Lipinski definition) is 1. The molecule has 0 radical (unpaired) electrons. The van der Waals surface area contributed by atoms with Gasteiger partial charge in [-0.3, -0.25) is 4.79 Å². The second-order valence-corrected chi connectivity index (χ2v) is 7.03. The highest BCUT2D eigenvalue weighted by Crippen LogP contribution is 2.53. The van der Waals surface area contributed by atoms with E-state index in [-0.39, 0.29) is 28.5 Å². The van der Waals surface area contributed by atoms with Gasteiger partial charge in [-0.25, -0.2) is 4.39 Å². The fourth-order valence-electron chi connectivity index (χ4n) is 2.43. The average Bonchev–Trinajstić information content (AvgIpc) is 3.18. The Morgan fingerprint density at radius 1 is 1.52 bits per heavy atom. The number of carbonyl (C=O) groups excluding carboxylic acids is 1. The molecule has 0 heterocycles. The molecule has 0 spiro atoms. The Morgan fingerprint density at radius 3 is 2.76 bits per heavy atom. The van der Waals surface area contributed by atoms with Crippen molar-refractivity contribution in [3.05, 3.63) is 35.6 Å². The summed E-state index contributed by atoms with van der Waals surface area (Å²) in [6.45, 7) is 1.93. The fraction of sp³-hybridized carbons (Fsp3) is 0.562. The van der Waals surface area contributed by atoms with E-state index in [1.165, 1.54) is 13.2 Å². The van der Waals surface area contributed by atoms with Crippen LogP contribution in [0.5, 0.6) is 0 Å². The highest BCUT2D eigenvalue weighted by atomic mass is 32.2. The van der Waals surface area contributed by atoms with Crippen LogP contribution < -0.4 is 5.73 Å². The molecule has 1 fully saturated rings. The number of thioether (sulfide) groups is 1. The van der Waals surface area contributed by atoms with Crippen LogP contribution in [-0.4, -0.2) is 24.9 Å². The SMILES string of the molecule is COC(=O)CC1(CSC(c2cccc(F)c2)C(C)N)CC1. The molecule has 0 aromatic heterocycles. The van der Waals surface area contributed by atoms with Gasteiger partial charge in [-0.15, -0.1) is 0 Å². The highest BCUT2D eigenvalue weighted by Gasteiger charge is 2.45. The van der Waals surface area contributed by atoms with Gasteiger partial charge in [0.15, 0.2) is 0 Å². The third-order valence-electron chi connectivity index (χ3n) is 3.93. The first-order valence-electron chi connectivity index (χ1n) is 7.15. The lowest BCUT2D eigenvalue weighted by atomic mass is 10.1. The van der Waals surface area contributed by atoms with Gasteiger partial charge in [0, 0.05) is 17.0 Å². The predicted molar refractivity (Wildman–Crippen MR) is 83.5 cm³/mol. The molecule has 116 valence electrons. The van der Waals surface area contributed by atoms with Crippen molar-refractivity contribution in [2.24, 2.45) is 11.1 Å². The Balaban J connectivity index is 2.00. The fourth-order valence-corrected chi connectivity index (χ4v) is 4.00. The van der Waals surface area contributed by atoms with Gasteiger partial charge in [-0.05, 0) is 42.9 Å². The molecule has 2 rings (SSSR count). The van der Waals surface area contributed by atoms with Gasteiger partial charge in [-0.2, -0.15) is 11.8 Å². The molecule has 1 aliphatic rings. The molecule has 2 atom stereocenters. The number of rotatable bonds is 7. The van der Waals surface area contributed by atoms with Crippen LogP contribution in [0.25, 0.3) is 0 Å². The smallest absolute Gasteiger partial charge is 0.306 e. The van der Waals surface area contributed by atoms with Gasteiger partial charge < -0.3 is 10.5 Å². The molecule has 0 aliphatic heterocycles. The summed E-state index contributed by atoms with van der Waals surface area (Å²) in [5.41, 5.74) is 7.02. The maximum absolute atomic E-state index is 13.4. The number of esters is 1. The van der Waals surface area contributed by atoms with Gasteiger partial charge in [0.1, 0.15) is 5.82 Å². The normalized spacial score (nSPS) is 18.9. The number of benzene rings is 1. The molecule has 0 bridgehead atoms. The predicted octanol–water partition coefficient (Wildman–Crippen LogP) is 3.29. The first-order valence-corrected chi connectivity index (χ1v) is 8.20. The molecule has 5 heteroatoms. The minimum Gasteiger partial charge on any atom is -0.469 e. The van der Waals surface area contributed by atoms with Gasteiger partial charge in [0.05, 0.1) is 13.5 Å². The molecular weight excluding hydrogens is 289 g/mol. The Hall–Kier alpha value is -1.07. The monoisotopic (exact) mass is 311 g/mol. The van der Waals surface area contributed by atoms with Crippen LogP contribution in [0.4, 0.5) is 4.39 Å². The van der Waals surface area contributed by atoms with Gasteiger partial charge in [-0.1, -0.05) is 12.1 Å². The standard InChI is InChI=1S/C16H22FNO2S/c1-11(18)15(12-4-3-5-13(17)8-12)21-10-16(6-7-16)9-14(19)20-2/h3-5,8,11,15H,6-7,9-10,18H2,1-2H3. The van der Waals surface area contributed by atoms with Crippen molar-refractivity contribution in [2.75, 3.05) is 12.9 Å². The molecule has 1 saturated carbocycles. The summed E-state index contributed by atoms with van der Waals surface area (Å²) in [4.78, 5) is 11.5. The molecule has 0 amide bonds. The number of carbonyl (C=O) groups is 1. The maximum Gasteiger partial charge on any atom is 0.306 e. The van der Waals surface area contributed by atoms with Crippen molar-refractivity contribution in [3.63, 3.8) is 0 Å². The summed E-state index contributed by atoms with van der Waals surface area (Å²) >= 11 is 1.71. The molecule has 2 N–H and O–H groups in total. The minimum absolute atomic E-state index is 0.0378. The van der Waals surface area contributed by atoms with Crippen molar-refractivity contribution in [1.29, 1.82) is 0 Å². The van der Waals surface area contributed by atoms with Crippen molar-refractivity contribution < 1.29 is 13.9 Å². The van der Waals surface area contributed by atoms with Gasteiger partial charge >= 0.3 is 5.97 Å². The van der Waals surface area contributed by atoms with E-state index in [9.17, 15) is 9.18 Å². The Kier molecular flexibility index (Phi) is 5.27. The number of nitrogens with two attached hydrogens (primary N) is 1. The lowest BCUT2D eigenvalue weighted by molar-refractivity contribution is -0.141. The van der Waals surface area contributed by atoms with Crippen LogP contribution in [0.2, 0.25) is 0 Å². The molecule has 3 nitrogen and oxygen atoms in total. The summed E-state index contributed by atoms with van der Waals surface area (Å²) in [6, 6.07) is 6.52. The van der Waals surface area contributed by atoms with Crippen LogP contribution in [0, 0.1) is 11.2 Å². The van der Waals surface area contributed by atoms with Crippen molar-refractivity contribution in [3.8, 4) is 0 Å². The van der Waals surface area contributed by atoms with Crippen molar-refractivity contribution >= 4 is 17.7 Å². The second kappa shape index (κ2) is 6.79. The van der Waals surface area contributed by atoms with Crippen LogP contribution in [-0.2, 0) is 9.53 Å². The molecular formula is C16H22FNO2S. The number of methoxy groups -OCH3 is 1. The molecule has 2 unspecified atom stereocenters. The molecule has 1 aromatic rings. The van der Waals surface area contributed by atoms with Crippen molar-refractivity contribution in [1.82, 2.24) is 0 Å². The Labute approximate surface area is 129 Å². The van der Waals surface area contributed by atoms with Gasteiger partial charge in [0.2, 0.25) is 0 Å². The van der Waals surface area contributed by atoms with E-state index in [0.717, 1.165) is 24.2 Å². The quantitative estimate of drug-likeness (QED) is 0.785. The Morgan fingerprint density at radius 2 is 2.24 bits per heavy atom. The van der Waals surface area contributed by atoms with Crippen LogP contribution >= 0.6 is 11.8 Å². The zero-order chi connectivity index (χ0) is 15.5. The number of hydrogen-bond acceptors (Lipinski definition) is 4. The van der Waals surface area contributed by atoms with E-state index in [0.29, 0.717) is 6.42 Å². The molecule has 0 saturated heterocycles. The summed E-state index contributed by atoms with van der Waals surface area (Å²) < 4.78 is 18.1. The second-order valence-electron chi connectivity index (χ2n) is 5.90. The zero-order valence-corrected chi connectivity index (χ0v) is 13.3. The lowest BCUT2D eigenvalue weighted by Crippen LogP contribution is -2.24. The van der Waals surface area contributed by atoms with Crippen LogP contribution in [0.3, 0.4) is 0 Å². The maximum atomic E-state index is 13.4. The summed E-state index contributed by atoms with van der Waals surface area (Å²) in [6.07, 6.45) is 2.55. The van der Waals surface area contributed by atoms with E-state index >= 15 is 0 Å². The first kappa shape index (κ1) is 16.3. The third kappa shape index (κ3) is 4.45. The van der Waals surface area contributed by atoms with E-state index < -0.39 is 0 Å². The van der Waals surface area contributed by atoms with E-state index in [1.807, 2.05) is 13.0 Å². The summed E-state index contributed by atoms with van der Waals surface area (Å²) in [5.74, 6) is 0.454. The minimum atomic E-state index is -0.241. The van der Waals surface area contributed by atoms with E-state index in [2.05, 4.69) is 0 Å². The van der Waals surface area contributed by atoms with E-state index in [1.54, 1.807) is 23.9 Å². The number of ether oxygens (including phenoxy) is 1. The van der Waals surface area contributed by atoms with Crippen LogP contribution in [0.15, 0.2) is 24.3 Å². The first-order chi connectivity index (χ1) is 9.96. The summed E-state index contributed by atoms with van der Waals surface area (Å²) in [7, 11) is 1.42. The molecule has 21 heavy (non-hydrogen) atoms. The third-order valence-corrected chi connectivity index (χ3v) is 5.77. The lowest BCUT2D eigenvalue weighted by Gasteiger charge is -2.23. The van der Waals surface area contributed by atoms with Crippen molar-refractivity contribution in [2.45, 2.75) is 37.5 Å². The molecule has 1 aromatic carbocycles. The largest absolute Gasteiger partial charge is 0.469 e. The van der Waals surface area contributed by atoms with Crippen LogP contribution in [0.1, 0.15) is 37.0 Å². The zero-order valence-electron chi connectivity index (χ0n) is 12.5. The molecule has 1 aliphatic carbocycles. The van der Waals surface area contributed by atoms with E-state index in [4.69, 9.17) is 10.5 Å².